The zero-order valence-corrected chi connectivity index (χ0v) is 10.6. The fraction of sp³-hybridized carbons (Fsp3) is 0.154. The molecule has 0 amide bonds. The molecule has 0 bridgehead atoms. The van der Waals surface area contributed by atoms with Crippen LogP contribution in [0.4, 0.5) is 0 Å². The highest BCUT2D eigenvalue weighted by Gasteiger charge is 1.98. The number of thioether (sulfide) groups is 1. The molecule has 1 heterocycles. The third-order valence-electron chi connectivity index (χ3n) is 2.19. The van der Waals surface area contributed by atoms with Crippen LogP contribution in [0.3, 0.4) is 0 Å². The summed E-state index contributed by atoms with van der Waals surface area (Å²) in [6, 6.07) is 12.4. The SMILES string of the molecule is Cc1cccc(SCc2ccnc(Cl)c2)c1. The van der Waals surface area contributed by atoms with Gasteiger partial charge in [0.2, 0.25) is 0 Å². The molecule has 82 valence electrons. The molecule has 0 unspecified atom stereocenters. The lowest BCUT2D eigenvalue weighted by molar-refractivity contribution is 1.27. The minimum atomic E-state index is 0.558. The third kappa shape index (κ3) is 3.26. The molecule has 0 saturated carbocycles. The zero-order valence-electron chi connectivity index (χ0n) is 8.98. The van der Waals surface area contributed by atoms with E-state index in [0.29, 0.717) is 5.15 Å². The molecule has 0 saturated heterocycles. The van der Waals surface area contributed by atoms with Gasteiger partial charge in [-0.15, -0.1) is 11.8 Å². The number of pyridine rings is 1. The van der Waals surface area contributed by atoms with Crippen LogP contribution in [-0.2, 0) is 5.75 Å². The molecule has 1 aromatic heterocycles. The Kier molecular flexibility index (Phi) is 3.86. The van der Waals surface area contributed by atoms with Gasteiger partial charge >= 0.3 is 0 Å². The van der Waals surface area contributed by atoms with Crippen molar-refractivity contribution in [3.8, 4) is 0 Å². The van der Waals surface area contributed by atoms with Gasteiger partial charge in [-0.25, -0.2) is 4.98 Å². The standard InChI is InChI=1S/C13H12ClNS/c1-10-3-2-4-12(7-10)16-9-11-5-6-15-13(14)8-11/h2-8H,9H2,1H3. The number of hydrogen-bond acceptors (Lipinski definition) is 2. The van der Waals surface area contributed by atoms with Crippen molar-refractivity contribution in [3.63, 3.8) is 0 Å². The quantitative estimate of drug-likeness (QED) is 0.593. The lowest BCUT2D eigenvalue weighted by Crippen LogP contribution is -1.83. The van der Waals surface area contributed by atoms with Gasteiger partial charge in [0.05, 0.1) is 0 Å². The Morgan fingerprint density at radius 3 is 2.88 bits per heavy atom. The Bertz CT molecular complexity index is 439. The summed E-state index contributed by atoms with van der Waals surface area (Å²) in [4.78, 5) is 5.25. The van der Waals surface area contributed by atoms with E-state index in [4.69, 9.17) is 11.6 Å². The largest absolute Gasteiger partial charge is 0.245 e. The van der Waals surface area contributed by atoms with Gasteiger partial charge in [0.1, 0.15) is 5.15 Å². The van der Waals surface area contributed by atoms with E-state index in [1.54, 1.807) is 6.20 Å². The van der Waals surface area contributed by atoms with E-state index in [0.717, 1.165) is 5.75 Å². The molecule has 0 radical (unpaired) electrons. The maximum atomic E-state index is 5.83. The highest BCUT2D eigenvalue weighted by molar-refractivity contribution is 7.98. The summed E-state index contributed by atoms with van der Waals surface area (Å²) < 4.78 is 0. The third-order valence-corrected chi connectivity index (χ3v) is 3.46. The minimum absolute atomic E-state index is 0.558. The summed E-state index contributed by atoms with van der Waals surface area (Å²) in [7, 11) is 0. The fourth-order valence-electron chi connectivity index (χ4n) is 1.40. The van der Waals surface area contributed by atoms with E-state index >= 15 is 0 Å². The number of nitrogens with zero attached hydrogens (tertiary/aromatic N) is 1. The molecule has 3 heteroatoms. The highest BCUT2D eigenvalue weighted by Crippen LogP contribution is 2.23. The smallest absolute Gasteiger partial charge is 0.129 e. The molecule has 1 aromatic carbocycles. The average molecular weight is 250 g/mol. The Morgan fingerprint density at radius 2 is 2.12 bits per heavy atom. The zero-order chi connectivity index (χ0) is 11.4. The number of aromatic nitrogens is 1. The van der Waals surface area contributed by atoms with Crippen molar-refractivity contribution in [2.24, 2.45) is 0 Å². The van der Waals surface area contributed by atoms with Crippen molar-refractivity contribution in [1.29, 1.82) is 0 Å². The van der Waals surface area contributed by atoms with Crippen molar-refractivity contribution in [1.82, 2.24) is 4.98 Å². The molecule has 0 aliphatic carbocycles. The maximum absolute atomic E-state index is 5.83. The van der Waals surface area contributed by atoms with Crippen molar-refractivity contribution >= 4 is 23.4 Å². The number of benzene rings is 1. The first-order valence-electron chi connectivity index (χ1n) is 5.04. The van der Waals surface area contributed by atoms with Gasteiger partial charge in [-0.3, -0.25) is 0 Å². The summed E-state index contributed by atoms with van der Waals surface area (Å²) in [6.45, 7) is 2.10. The van der Waals surface area contributed by atoms with Crippen LogP contribution in [0.1, 0.15) is 11.1 Å². The first kappa shape index (κ1) is 11.5. The van der Waals surface area contributed by atoms with Crippen LogP contribution in [0.25, 0.3) is 0 Å². The highest BCUT2D eigenvalue weighted by atomic mass is 35.5. The Balaban J connectivity index is 2.02. The van der Waals surface area contributed by atoms with Crippen molar-refractivity contribution in [2.45, 2.75) is 17.6 Å². The number of rotatable bonds is 3. The summed E-state index contributed by atoms with van der Waals surface area (Å²) in [5.41, 5.74) is 2.49. The molecule has 0 fully saturated rings. The maximum Gasteiger partial charge on any atom is 0.129 e. The van der Waals surface area contributed by atoms with Crippen LogP contribution >= 0.6 is 23.4 Å². The molecule has 0 spiro atoms. The first-order chi connectivity index (χ1) is 7.74. The van der Waals surface area contributed by atoms with Crippen LogP contribution in [-0.4, -0.2) is 4.98 Å². The molecular formula is C13H12ClNS. The summed E-state index contributed by atoms with van der Waals surface area (Å²) in [5.74, 6) is 0.922. The Morgan fingerprint density at radius 1 is 1.25 bits per heavy atom. The van der Waals surface area contributed by atoms with Gasteiger partial charge in [-0.1, -0.05) is 29.3 Å². The predicted octanol–water partition coefficient (Wildman–Crippen LogP) is 4.34. The fourth-order valence-corrected chi connectivity index (χ4v) is 2.56. The molecule has 0 atom stereocenters. The molecule has 0 N–H and O–H groups in total. The van der Waals surface area contributed by atoms with E-state index < -0.39 is 0 Å². The summed E-state index contributed by atoms with van der Waals surface area (Å²) >= 11 is 7.64. The average Bonchev–Trinajstić information content (AvgIpc) is 2.27. The second-order valence-corrected chi connectivity index (χ2v) is 5.03. The number of halogens is 1. The van der Waals surface area contributed by atoms with Crippen LogP contribution in [0.5, 0.6) is 0 Å². The molecular weight excluding hydrogens is 238 g/mol. The molecule has 0 aliphatic rings. The van der Waals surface area contributed by atoms with Crippen LogP contribution in [0.2, 0.25) is 5.15 Å². The first-order valence-corrected chi connectivity index (χ1v) is 6.40. The van der Waals surface area contributed by atoms with E-state index in [9.17, 15) is 0 Å². The van der Waals surface area contributed by atoms with Crippen LogP contribution in [0.15, 0.2) is 47.5 Å². The molecule has 2 aromatic rings. The van der Waals surface area contributed by atoms with Crippen molar-refractivity contribution < 1.29 is 0 Å². The van der Waals surface area contributed by atoms with Crippen LogP contribution < -0.4 is 0 Å². The lowest BCUT2D eigenvalue weighted by Gasteiger charge is -2.03. The van der Waals surface area contributed by atoms with Gasteiger partial charge in [-0.2, -0.15) is 0 Å². The predicted molar refractivity (Wildman–Crippen MR) is 70.0 cm³/mol. The molecule has 2 rings (SSSR count). The number of hydrogen-bond donors (Lipinski definition) is 0. The van der Waals surface area contributed by atoms with Gasteiger partial charge in [0.15, 0.2) is 0 Å². The van der Waals surface area contributed by atoms with Gasteiger partial charge in [0, 0.05) is 16.8 Å². The van der Waals surface area contributed by atoms with E-state index in [1.807, 2.05) is 23.9 Å². The molecule has 0 aliphatic heterocycles. The molecule has 16 heavy (non-hydrogen) atoms. The van der Waals surface area contributed by atoms with Crippen LogP contribution in [0, 0.1) is 6.92 Å². The second kappa shape index (κ2) is 5.37. The van der Waals surface area contributed by atoms with E-state index in [1.165, 1.54) is 16.0 Å². The molecule has 1 nitrogen and oxygen atoms in total. The minimum Gasteiger partial charge on any atom is -0.245 e. The number of aryl methyl sites for hydroxylation is 1. The topological polar surface area (TPSA) is 12.9 Å². The lowest BCUT2D eigenvalue weighted by atomic mass is 10.2. The summed E-state index contributed by atoms with van der Waals surface area (Å²) in [6.07, 6.45) is 1.74. The van der Waals surface area contributed by atoms with E-state index in [-0.39, 0.29) is 0 Å². The van der Waals surface area contributed by atoms with Gasteiger partial charge in [-0.05, 0) is 36.8 Å². The Labute approximate surface area is 105 Å². The second-order valence-electron chi connectivity index (χ2n) is 3.59. The van der Waals surface area contributed by atoms with Crippen molar-refractivity contribution in [2.75, 3.05) is 0 Å². The monoisotopic (exact) mass is 249 g/mol. The van der Waals surface area contributed by atoms with E-state index in [2.05, 4.69) is 36.2 Å². The summed E-state index contributed by atoms with van der Waals surface area (Å²) in [5, 5.41) is 0.558. The Hall–Kier alpha value is -0.990. The van der Waals surface area contributed by atoms with Crippen molar-refractivity contribution in [3.05, 3.63) is 58.9 Å². The normalized spacial score (nSPS) is 10.4. The van der Waals surface area contributed by atoms with Gasteiger partial charge < -0.3 is 0 Å². The van der Waals surface area contributed by atoms with Gasteiger partial charge in [0.25, 0.3) is 0 Å².